The smallest absolute Gasteiger partial charge is 0.155 e. The second-order valence-electron chi connectivity index (χ2n) is 11.9. The second-order valence-corrected chi connectivity index (χ2v) is 13.0. The number of fused-ring (bicyclic) bond motifs is 1. The van der Waals surface area contributed by atoms with Gasteiger partial charge in [0.2, 0.25) is 0 Å². The molecule has 1 radical (unpaired) electrons. The number of aryl methyl sites for hydroxylation is 1. The molecule has 5 heteroatoms. The number of thiophene rings is 1. The molecule has 0 atom stereocenters. The van der Waals surface area contributed by atoms with E-state index in [0.717, 1.165) is 21.7 Å². The van der Waals surface area contributed by atoms with Crippen LogP contribution in [0.15, 0.2) is 60.4 Å². The first-order valence-corrected chi connectivity index (χ1v) is 14.5. The van der Waals surface area contributed by atoms with Crippen LogP contribution in [0.1, 0.15) is 96.4 Å². The molecule has 40 heavy (non-hydrogen) atoms. The van der Waals surface area contributed by atoms with E-state index in [1.165, 1.54) is 52.4 Å². The number of aromatic nitrogens is 1. The summed E-state index contributed by atoms with van der Waals surface area (Å²) < 4.78 is 0. The number of carbonyl (C=O) groups excluding carboxylic acids is 1. The van der Waals surface area contributed by atoms with Gasteiger partial charge in [0.25, 0.3) is 0 Å². The van der Waals surface area contributed by atoms with Crippen molar-refractivity contribution in [2.45, 2.75) is 86.5 Å². The second kappa shape index (κ2) is 13.9. The molecule has 0 aliphatic rings. The van der Waals surface area contributed by atoms with E-state index < -0.39 is 0 Å². The largest absolute Gasteiger partial charge is 0.512 e. The van der Waals surface area contributed by atoms with Crippen LogP contribution in [-0.4, -0.2) is 15.9 Å². The van der Waals surface area contributed by atoms with Gasteiger partial charge in [-0.25, -0.2) is 0 Å². The summed E-state index contributed by atoms with van der Waals surface area (Å²) >= 11 is 1.81. The van der Waals surface area contributed by atoms with Crippen LogP contribution in [0.3, 0.4) is 0 Å². The van der Waals surface area contributed by atoms with Crippen LogP contribution in [-0.2, 0) is 30.3 Å². The number of hydrogen-bond acceptors (Lipinski definition) is 4. The number of rotatable bonds is 5. The molecule has 0 saturated carbocycles. The van der Waals surface area contributed by atoms with E-state index in [1.807, 2.05) is 11.3 Å². The molecule has 0 bridgehead atoms. The molecule has 0 saturated heterocycles. The summed E-state index contributed by atoms with van der Waals surface area (Å²) in [6.45, 7) is 20.9. The zero-order chi connectivity index (χ0) is 29.1. The molecule has 2 aromatic carbocycles. The van der Waals surface area contributed by atoms with Gasteiger partial charge in [-0.15, -0.1) is 46.2 Å². The van der Waals surface area contributed by atoms with Crippen LogP contribution in [0, 0.1) is 13.0 Å². The summed E-state index contributed by atoms with van der Waals surface area (Å²) in [4.78, 5) is 17.5. The summed E-state index contributed by atoms with van der Waals surface area (Å²) in [5.74, 6) is 0.901. The topological polar surface area (TPSA) is 50.2 Å². The van der Waals surface area contributed by atoms with Gasteiger partial charge in [0, 0.05) is 36.4 Å². The summed E-state index contributed by atoms with van der Waals surface area (Å²) in [6, 6.07) is 21.5. The summed E-state index contributed by atoms with van der Waals surface area (Å²) in [6.07, 6.45) is 1.17. The Kier molecular flexibility index (Phi) is 11.6. The fraction of sp³-hybridized carbons (Fsp3) is 0.371. The van der Waals surface area contributed by atoms with Gasteiger partial charge in [0.05, 0.1) is 5.76 Å². The van der Waals surface area contributed by atoms with E-state index in [4.69, 9.17) is 10.1 Å². The van der Waals surface area contributed by atoms with E-state index in [0.29, 0.717) is 11.8 Å². The number of nitrogens with zero attached hydrogens (tertiary/aromatic N) is 1. The maximum Gasteiger partial charge on any atom is 0.155 e. The van der Waals surface area contributed by atoms with Crippen molar-refractivity contribution in [1.82, 2.24) is 4.98 Å². The van der Waals surface area contributed by atoms with Gasteiger partial charge in [-0.2, -0.15) is 0 Å². The number of ketones is 1. The number of aliphatic hydroxyl groups excluding tert-OH is 1. The standard InChI is InChI=1S/C30H34NS.C5H8O2.Ir/c1-18(2)24-10-9-11-25(19(3)4)28(24)27-17-21-12-13-26(31-29(21)32-27)22-14-20(5)15-23(16-22)30(6,7)8;1-4(6)3-5(2)7;/h9-13,15-19H,1-8H3;3,6H,1-2H3;/q-1;;/b;4-3-;. The zero-order valence-corrected chi connectivity index (χ0v) is 28.6. The molecule has 0 unspecified atom stereocenters. The number of carbonyl (C=O) groups is 1. The van der Waals surface area contributed by atoms with Crippen molar-refractivity contribution in [3.05, 3.63) is 88.7 Å². The van der Waals surface area contributed by atoms with E-state index in [1.54, 1.807) is 0 Å². The van der Waals surface area contributed by atoms with Gasteiger partial charge in [-0.3, -0.25) is 9.78 Å². The Morgan fingerprint density at radius 2 is 1.57 bits per heavy atom. The van der Waals surface area contributed by atoms with Crippen LogP contribution in [0.5, 0.6) is 0 Å². The maximum absolute atomic E-state index is 10.0. The van der Waals surface area contributed by atoms with Crippen molar-refractivity contribution in [2.75, 3.05) is 0 Å². The first-order chi connectivity index (χ1) is 18.2. The summed E-state index contributed by atoms with van der Waals surface area (Å²) in [7, 11) is 0. The minimum atomic E-state index is -0.125. The molecule has 0 aliphatic carbocycles. The van der Waals surface area contributed by atoms with Gasteiger partial charge < -0.3 is 5.11 Å². The van der Waals surface area contributed by atoms with Crippen molar-refractivity contribution in [3.63, 3.8) is 0 Å². The number of allylic oxidation sites excluding steroid dienone is 2. The van der Waals surface area contributed by atoms with Crippen molar-refractivity contribution in [3.8, 4) is 21.7 Å². The third-order valence-electron chi connectivity index (χ3n) is 6.56. The van der Waals surface area contributed by atoms with Crippen LogP contribution in [0.4, 0.5) is 0 Å². The van der Waals surface area contributed by atoms with Crippen molar-refractivity contribution >= 4 is 27.3 Å². The van der Waals surface area contributed by atoms with Crippen LogP contribution < -0.4 is 0 Å². The van der Waals surface area contributed by atoms with Gasteiger partial charge in [0.15, 0.2) is 5.78 Å². The number of pyridine rings is 1. The Morgan fingerprint density at radius 3 is 2.05 bits per heavy atom. The molecule has 4 aromatic rings. The zero-order valence-electron chi connectivity index (χ0n) is 25.4. The quantitative estimate of drug-likeness (QED) is 0.126. The monoisotopic (exact) mass is 733 g/mol. The van der Waals surface area contributed by atoms with Crippen LogP contribution in [0.25, 0.3) is 31.9 Å². The number of hydrogen-bond donors (Lipinski definition) is 1. The molecular formula is C35H42IrNO2S-. The summed E-state index contributed by atoms with van der Waals surface area (Å²) in [5.41, 5.74) is 8.91. The van der Waals surface area contributed by atoms with Crippen molar-refractivity contribution in [2.24, 2.45) is 0 Å². The molecule has 0 fully saturated rings. The molecule has 0 aliphatic heterocycles. The van der Waals surface area contributed by atoms with Gasteiger partial charge in [-0.05, 0) is 59.5 Å². The average molecular weight is 733 g/mol. The first-order valence-electron chi connectivity index (χ1n) is 13.6. The third kappa shape index (κ3) is 8.46. The number of aliphatic hydroxyl groups is 1. The van der Waals surface area contributed by atoms with Crippen LogP contribution >= 0.6 is 11.3 Å². The fourth-order valence-electron chi connectivity index (χ4n) is 4.61. The van der Waals surface area contributed by atoms with Crippen LogP contribution in [0.2, 0.25) is 0 Å². The predicted molar refractivity (Wildman–Crippen MR) is 168 cm³/mol. The number of benzene rings is 2. The summed E-state index contributed by atoms with van der Waals surface area (Å²) in [5, 5.41) is 9.58. The van der Waals surface area contributed by atoms with E-state index in [2.05, 4.69) is 110 Å². The van der Waals surface area contributed by atoms with Crippen molar-refractivity contribution in [1.29, 1.82) is 0 Å². The maximum atomic E-state index is 10.0. The molecule has 3 nitrogen and oxygen atoms in total. The van der Waals surface area contributed by atoms with E-state index >= 15 is 0 Å². The third-order valence-corrected chi connectivity index (χ3v) is 7.62. The first kappa shape index (κ1) is 33.6. The van der Waals surface area contributed by atoms with Gasteiger partial charge >= 0.3 is 0 Å². The molecule has 2 aromatic heterocycles. The fourth-order valence-corrected chi connectivity index (χ4v) is 5.73. The SMILES string of the molecule is CC(=O)/C=C(/C)O.Cc1[c-]c(-c2ccc3cc(-c4c(C(C)C)cccc4C(C)C)sc3n2)cc(C(C)(C)C)c1.[Ir]. The molecular weight excluding hydrogens is 691 g/mol. The Bertz CT molecular complexity index is 1480. The Hall–Kier alpha value is -2.59. The Balaban J connectivity index is 0.000000623. The van der Waals surface area contributed by atoms with E-state index in [9.17, 15) is 4.79 Å². The van der Waals surface area contributed by atoms with Gasteiger partial charge in [0.1, 0.15) is 4.83 Å². The molecule has 0 spiro atoms. The minimum absolute atomic E-state index is 0. The van der Waals surface area contributed by atoms with Crippen molar-refractivity contribution < 1.29 is 30.0 Å². The molecule has 1 N–H and O–H groups in total. The Labute approximate surface area is 258 Å². The molecule has 0 amide bonds. The van der Waals surface area contributed by atoms with E-state index in [-0.39, 0.29) is 37.1 Å². The minimum Gasteiger partial charge on any atom is -0.512 e. The molecule has 2 heterocycles. The Morgan fingerprint density at radius 1 is 0.975 bits per heavy atom. The van der Waals surface area contributed by atoms with Gasteiger partial charge in [-0.1, -0.05) is 85.7 Å². The molecule has 215 valence electrons. The molecule has 4 rings (SSSR count). The average Bonchev–Trinajstić information content (AvgIpc) is 3.25. The predicted octanol–water partition coefficient (Wildman–Crippen LogP) is 10.3. The normalized spacial score (nSPS) is 11.8.